The van der Waals surface area contributed by atoms with Crippen LogP contribution in [0.25, 0.3) is 0 Å². The van der Waals surface area contributed by atoms with E-state index in [-0.39, 0.29) is 11.8 Å². The van der Waals surface area contributed by atoms with Gasteiger partial charge in [0.15, 0.2) is 11.5 Å². The minimum atomic E-state index is -1.02. The first-order valence-corrected chi connectivity index (χ1v) is 14.8. The summed E-state index contributed by atoms with van der Waals surface area (Å²) >= 11 is 0. The molecule has 0 amide bonds. The Morgan fingerprint density at radius 2 is 1.57 bits per heavy atom. The van der Waals surface area contributed by atoms with Crippen molar-refractivity contribution in [1.82, 2.24) is 9.80 Å². The molecule has 2 aliphatic rings. The van der Waals surface area contributed by atoms with Gasteiger partial charge in [-0.25, -0.2) is 0 Å². The summed E-state index contributed by atoms with van der Waals surface area (Å²) in [5.41, 5.74) is 2.34. The Bertz CT molecular complexity index is 1210. The number of piperazine rings is 1. The second kappa shape index (κ2) is 13.1. The predicted octanol–water partition coefficient (Wildman–Crippen LogP) is 6.04. The van der Waals surface area contributed by atoms with Crippen molar-refractivity contribution >= 4 is 0 Å². The summed E-state index contributed by atoms with van der Waals surface area (Å²) in [6.45, 7) is 13.0. The fourth-order valence-electron chi connectivity index (χ4n) is 5.96. The zero-order chi connectivity index (χ0) is 28.0. The summed E-state index contributed by atoms with van der Waals surface area (Å²) < 4.78 is 16.9. The number of hydrogen-bond donors (Lipinski definition) is 1. The molecule has 0 aliphatic carbocycles. The third kappa shape index (κ3) is 6.46. The second-order valence-corrected chi connectivity index (χ2v) is 11.4. The van der Waals surface area contributed by atoms with Crippen molar-refractivity contribution in [3.8, 4) is 17.2 Å². The monoisotopic (exact) mass is 544 g/mol. The molecule has 0 bridgehead atoms. The van der Waals surface area contributed by atoms with Crippen LogP contribution in [-0.2, 0) is 12.1 Å². The van der Waals surface area contributed by atoms with Crippen molar-refractivity contribution in [2.45, 2.75) is 51.7 Å². The highest BCUT2D eigenvalue weighted by molar-refractivity contribution is 5.44. The van der Waals surface area contributed by atoms with Crippen LogP contribution in [0.4, 0.5) is 0 Å². The van der Waals surface area contributed by atoms with E-state index in [2.05, 4.69) is 79.1 Å². The maximum atomic E-state index is 12.5. The molecule has 214 valence electrons. The van der Waals surface area contributed by atoms with Crippen LogP contribution < -0.4 is 14.2 Å². The Hall–Kier alpha value is -3.06. The molecule has 2 atom stereocenters. The molecule has 0 radical (unpaired) electrons. The molecule has 1 N–H and O–H groups in total. The number of nitrogens with zero attached hydrogens (tertiary/aromatic N) is 2. The number of rotatable bonds is 12. The highest BCUT2D eigenvalue weighted by atomic mass is 16.7. The molecule has 5 rings (SSSR count). The molecular weight excluding hydrogens is 500 g/mol. The quantitative estimate of drug-likeness (QED) is 0.281. The lowest BCUT2D eigenvalue weighted by Crippen LogP contribution is -2.50. The van der Waals surface area contributed by atoms with Crippen molar-refractivity contribution in [2.24, 2.45) is 5.92 Å². The molecule has 2 aliphatic heterocycles. The highest BCUT2D eigenvalue weighted by Gasteiger charge is 2.43. The van der Waals surface area contributed by atoms with Crippen LogP contribution in [0.3, 0.4) is 0 Å². The van der Waals surface area contributed by atoms with E-state index in [1.54, 1.807) is 0 Å². The fourth-order valence-corrected chi connectivity index (χ4v) is 5.96. The zero-order valence-corrected chi connectivity index (χ0v) is 24.2. The van der Waals surface area contributed by atoms with Gasteiger partial charge >= 0.3 is 0 Å². The van der Waals surface area contributed by atoms with Crippen LogP contribution in [0, 0.1) is 5.92 Å². The van der Waals surface area contributed by atoms with Gasteiger partial charge in [-0.2, -0.15) is 0 Å². The number of hydrogen-bond acceptors (Lipinski definition) is 6. The molecule has 2 heterocycles. The molecule has 1 saturated heterocycles. The van der Waals surface area contributed by atoms with Crippen LogP contribution in [0.15, 0.2) is 72.8 Å². The maximum Gasteiger partial charge on any atom is 0.231 e. The van der Waals surface area contributed by atoms with Gasteiger partial charge < -0.3 is 24.2 Å². The van der Waals surface area contributed by atoms with Crippen molar-refractivity contribution in [3.05, 3.63) is 89.5 Å². The minimum absolute atomic E-state index is 0.0249. The van der Waals surface area contributed by atoms with Gasteiger partial charge in [0, 0.05) is 45.2 Å². The molecule has 40 heavy (non-hydrogen) atoms. The Morgan fingerprint density at radius 3 is 2.27 bits per heavy atom. The van der Waals surface area contributed by atoms with Crippen LogP contribution >= 0.6 is 0 Å². The summed E-state index contributed by atoms with van der Waals surface area (Å²) in [6, 6.07) is 24.9. The molecule has 0 spiro atoms. The van der Waals surface area contributed by atoms with E-state index in [4.69, 9.17) is 14.2 Å². The average Bonchev–Trinajstić information content (AvgIpc) is 3.45. The lowest BCUT2D eigenvalue weighted by Gasteiger charge is -2.44. The summed E-state index contributed by atoms with van der Waals surface area (Å²) in [4.78, 5) is 5.01. The number of ether oxygens (including phenoxy) is 3. The van der Waals surface area contributed by atoms with Gasteiger partial charge in [0.25, 0.3) is 0 Å². The van der Waals surface area contributed by atoms with E-state index in [9.17, 15) is 5.11 Å². The van der Waals surface area contributed by atoms with E-state index in [0.717, 1.165) is 81.5 Å². The Labute approximate surface area is 239 Å². The van der Waals surface area contributed by atoms with E-state index < -0.39 is 5.60 Å². The van der Waals surface area contributed by atoms with Gasteiger partial charge in [-0.15, -0.1) is 0 Å². The third-order valence-electron chi connectivity index (χ3n) is 8.45. The van der Waals surface area contributed by atoms with Gasteiger partial charge in [-0.3, -0.25) is 4.90 Å². The number of unbranched alkanes of at least 4 members (excludes halogenated alkanes) is 1. The first kappa shape index (κ1) is 28.5. The van der Waals surface area contributed by atoms with Gasteiger partial charge in [-0.05, 0) is 53.3 Å². The predicted molar refractivity (Wildman–Crippen MR) is 159 cm³/mol. The van der Waals surface area contributed by atoms with Crippen molar-refractivity contribution in [1.29, 1.82) is 0 Å². The highest BCUT2D eigenvalue weighted by Crippen LogP contribution is 2.44. The number of fused-ring (bicyclic) bond motifs is 1. The van der Waals surface area contributed by atoms with Crippen molar-refractivity contribution < 1.29 is 19.3 Å². The first-order chi connectivity index (χ1) is 19.5. The van der Waals surface area contributed by atoms with Crippen LogP contribution in [0.2, 0.25) is 0 Å². The summed E-state index contributed by atoms with van der Waals surface area (Å²) in [5, 5.41) is 12.5. The minimum Gasteiger partial charge on any atom is -0.494 e. The Balaban J connectivity index is 1.29. The molecule has 3 aromatic carbocycles. The summed E-state index contributed by atoms with van der Waals surface area (Å²) in [5.74, 6) is 2.49. The largest absolute Gasteiger partial charge is 0.494 e. The molecule has 1 fully saturated rings. The molecule has 0 aromatic heterocycles. The molecule has 6 heteroatoms. The number of benzene rings is 3. The number of aliphatic hydroxyl groups is 1. The summed E-state index contributed by atoms with van der Waals surface area (Å²) in [7, 11) is 0. The normalized spacial score (nSPS) is 18.0. The Morgan fingerprint density at radius 1 is 0.875 bits per heavy atom. The molecule has 3 aromatic rings. The summed E-state index contributed by atoms with van der Waals surface area (Å²) in [6.07, 6.45) is 2.15. The average molecular weight is 545 g/mol. The van der Waals surface area contributed by atoms with E-state index >= 15 is 0 Å². The molecule has 2 unspecified atom stereocenters. The fraction of sp³-hybridized carbons (Fsp3) is 0.471. The van der Waals surface area contributed by atoms with E-state index in [1.165, 1.54) is 11.1 Å². The van der Waals surface area contributed by atoms with E-state index in [1.807, 2.05) is 24.3 Å². The SMILES string of the molecule is CCCCOc1ccc(C(O)(C(C)C)C(CN2CCN(Cc3ccc4c(c3)OCO4)CC2)c2ccccc2)cc1. The second-order valence-electron chi connectivity index (χ2n) is 11.4. The van der Waals surface area contributed by atoms with Gasteiger partial charge in [0.1, 0.15) is 5.75 Å². The lowest BCUT2D eigenvalue weighted by molar-refractivity contribution is -0.0492. The van der Waals surface area contributed by atoms with E-state index in [0.29, 0.717) is 6.79 Å². The smallest absolute Gasteiger partial charge is 0.231 e. The maximum absolute atomic E-state index is 12.5. The first-order valence-electron chi connectivity index (χ1n) is 14.8. The Kier molecular flexibility index (Phi) is 9.30. The lowest BCUT2D eigenvalue weighted by atomic mass is 9.70. The van der Waals surface area contributed by atoms with Crippen molar-refractivity contribution in [3.63, 3.8) is 0 Å². The standard InChI is InChI=1S/C34H44N2O4/c1-4-5-21-38-30-14-12-29(13-15-30)34(37,26(2)3)31(28-9-7-6-8-10-28)24-36-19-17-35(18-20-36)23-27-11-16-32-33(22-27)40-25-39-32/h6-16,22,26,31,37H,4-5,17-21,23-25H2,1-3H3. The third-order valence-corrected chi connectivity index (χ3v) is 8.45. The van der Waals surface area contributed by atoms with Gasteiger partial charge in [-0.1, -0.05) is 75.7 Å². The molecule has 0 saturated carbocycles. The van der Waals surface area contributed by atoms with Gasteiger partial charge in [0.2, 0.25) is 6.79 Å². The topological polar surface area (TPSA) is 54.4 Å². The van der Waals surface area contributed by atoms with Crippen molar-refractivity contribution in [2.75, 3.05) is 46.1 Å². The van der Waals surface area contributed by atoms with Crippen LogP contribution in [0.5, 0.6) is 17.2 Å². The van der Waals surface area contributed by atoms with Crippen LogP contribution in [-0.4, -0.2) is 61.0 Å². The zero-order valence-electron chi connectivity index (χ0n) is 24.2. The van der Waals surface area contributed by atoms with Gasteiger partial charge in [0.05, 0.1) is 12.2 Å². The molecular formula is C34H44N2O4. The molecule has 6 nitrogen and oxygen atoms in total. The van der Waals surface area contributed by atoms with Crippen LogP contribution in [0.1, 0.15) is 56.2 Å².